The van der Waals surface area contributed by atoms with E-state index in [0.717, 1.165) is 11.8 Å². The molecule has 0 unspecified atom stereocenters. The number of carbonyl (C=O) groups excluding carboxylic acids is 2. The van der Waals surface area contributed by atoms with Gasteiger partial charge in [-0.25, -0.2) is 14.5 Å². The maximum atomic E-state index is 12.7. The van der Waals surface area contributed by atoms with Gasteiger partial charge < -0.3 is 14.8 Å². The van der Waals surface area contributed by atoms with E-state index in [2.05, 4.69) is 25.1 Å². The first-order chi connectivity index (χ1) is 19.6. The van der Waals surface area contributed by atoms with Crippen molar-refractivity contribution in [3.63, 3.8) is 0 Å². The van der Waals surface area contributed by atoms with Gasteiger partial charge in [-0.15, -0.1) is 18.3 Å². The van der Waals surface area contributed by atoms with E-state index in [1.165, 1.54) is 47.3 Å². The third kappa shape index (κ3) is 6.61. The SMILES string of the molecule is COc1ccc(Cl)cc1N1C(=O)CSC1=NC(=O)Nc1ccc(-c2ncn(-c3ccc(OC(F)(F)F)cc3)n2)cc1. The van der Waals surface area contributed by atoms with E-state index < -0.39 is 12.4 Å². The predicted octanol–water partition coefficient (Wildman–Crippen LogP) is 6.16. The lowest BCUT2D eigenvalue weighted by Crippen LogP contribution is -2.30. The first-order valence-electron chi connectivity index (χ1n) is 11.7. The fraction of sp³-hybridized carbons (Fsp3) is 0.115. The van der Waals surface area contributed by atoms with Crippen LogP contribution in [0.2, 0.25) is 5.02 Å². The summed E-state index contributed by atoms with van der Waals surface area (Å²) in [7, 11) is 1.46. The number of aliphatic imine (C=N–C) groups is 1. The number of nitrogens with one attached hydrogen (secondary N) is 1. The molecule has 0 atom stereocenters. The number of benzene rings is 3. The Balaban J connectivity index is 1.26. The van der Waals surface area contributed by atoms with Gasteiger partial charge in [-0.1, -0.05) is 23.4 Å². The molecule has 2 heterocycles. The first kappa shape index (κ1) is 28.0. The molecule has 0 spiro atoms. The summed E-state index contributed by atoms with van der Waals surface area (Å²) in [6, 6.07) is 15.9. The van der Waals surface area contributed by atoms with Gasteiger partial charge in [0.15, 0.2) is 11.0 Å². The Labute approximate surface area is 239 Å². The summed E-state index contributed by atoms with van der Waals surface area (Å²) in [5.41, 5.74) is 1.92. The lowest BCUT2D eigenvalue weighted by Gasteiger charge is -2.19. The number of thioether (sulfide) groups is 1. The molecule has 1 N–H and O–H groups in total. The van der Waals surface area contributed by atoms with E-state index in [0.29, 0.717) is 39.2 Å². The lowest BCUT2D eigenvalue weighted by atomic mass is 10.2. The monoisotopic (exact) mass is 602 g/mol. The fourth-order valence-corrected chi connectivity index (χ4v) is 4.81. The second-order valence-electron chi connectivity index (χ2n) is 8.29. The predicted molar refractivity (Wildman–Crippen MR) is 148 cm³/mol. The molecule has 41 heavy (non-hydrogen) atoms. The van der Waals surface area contributed by atoms with Crippen molar-refractivity contribution in [2.75, 3.05) is 23.1 Å². The number of alkyl halides is 3. The summed E-state index contributed by atoms with van der Waals surface area (Å²) in [6.07, 6.45) is -3.36. The zero-order valence-electron chi connectivity index (χ0n) is 20.9. The molecule has 3 amide bonds. The van der Waals surface area contributed by atoms with Gasteiger partial charge in [-0.05, 0) is 66.7 Å². The number of urea groups is 1. The number of aromatic nitrogens is 3. The summed E-state index contributed by atoms with van der Waals surface area (Å²) in [6.45, 7) is 0. The number of amides is 3. The number of methoxy groups -OCH3 is 1. The van der Waals surface area contributed by atoms with Crippen LogP contribution >= 0.6 is 23.4 Å². The Kier molecular flexibility index (Phi) is 7.85. The van der Waals surface area contributed by atoms with Crippen LogP contribution in [0.25, 0.3) is 17.1 Å². The van der Waals surface area contributed by atoms with Crippen LogP contribution in [0.1, 0.15) is 0 Å². The van der Waals surface area contributed by atoms with E-state index in [1.54, 1.807) is 42.5 Å². The molecule has 1 saturated heterocycles. The maximum absolute atomic E-state index is 12.7. The van der Waals surface area contributed by atoms with Crippen LogP contribution in [0.15, 0.2) is 78.0 Å². The van der Waals surface area contributed by atoms with Crippen LogP contribution in [-0.4, -0.2) is 51.1 Å². The minimum Gasteiger partial charge on any atom is -0.495 e. The van der Waals surface area contributed by atoms with Gasteiger partial charge in [-0.3, -0.25) is 9.69 Å². The molecule has 1 aliphatic rings. The third-order valence-corrected chi connectivity index (χ3v) is 6.72. The molecule has 3 aromatic carbocycles. The summed E-state index contributed by atoms with van der Waals surface area (Å²) < 4.78 is 47.7. The number of anilines is 2. The molecule has 4 aromatic rings. The largest absolute Gasteiger partial charge is 0.573 e. The van der Waals surface area contributed by atoms with Gasteiger partial charge in [-0.2, -0.15) is 4.99 Å². The Morgan fingerprint density at radius 2 is 1.83 bits per heavy atom. The Morgan fingerprint density at radius 3 is 2.51 bits per heavy atom. The quantitative estimate of drug-likeness (QED) is 0.281. The number of nitrogens with zero attached hydrogens (tertiary/aromatic N) is 5. The number of rotatable bonds is 6. The normalized spacial score (nSPS) is 14.4. The second kappa shape index (κ2) is 11.5. The van der Waals surface area contributed by atoms with Crippen molar-refractivity contribution in [2.45, 2.75) is 6.36 Å². The molecule has 1 fully saturated rings. The average molecular weight is 603 g/mol. The standard InChI is InChI=1S/C26H18ClF3N6O4S/c1-39-21-11-4-16(27)12-20(21)36-22(37)13-41-25(36)33-24(38)32-17-5-2-15(3-6-17)23-31-14-35(34-23)18-7-9-19(10-8-18)40-26(28,29)30/h2-12,14H,13H2,1H3,(H,32,38). The van der Waals surface area contributed by atoms with E-state index >= 15 is 0 Å². The first-order valence-corrected chi connectivity index (χ1v) is 13.0. The minimum atomic E-state index is -4.78. The van der Waals surface area contributed by atoms with Gasteiger partial charge in [0.25, 0.3) is 0 Å². The molecule has 1 aliphatic heterocycles. The summed E-state index contributed by atoms with van der Waals surface area (Å²) in [4.78, 5) is 34.8. The van der Waals surface area contributed by atoms with E-state index in [1.807, 2.05) is 0 Å². The van der Waals surface area contributed by atoms with Crippen LogP contribution in [0.4, 0.5) is 29.3 Å². The van der Waals surface area contributed by atoms with Gasteiger partial charge in [0.2, 0.25) is 5.91 Å². The molecule has 210 valence electrons. The fourth-order valence-electron chi connectivity index (χ4n) is 3.78. The summed E-state index contributed by atoms with van der Waals surface area (Å²) >= 11 is 7.22. The minimum absolute atomic E-state index is 0.0988. The van der Waals surface area contributed by atoms with E-state index in [4.69, 9.17) is 16.3 Å². The third-order valence-electron chi connectivity index (χ3n) is 5.57. The smallest absolute Gasteiger partial charge is 0.495 e. The van der Waals surface area contributed by atoms with Crippen molar-refractivity contribution in [2.24, 2.45) is 4.99 Å². The summed E-state index contributed by atoms with van der Waals surface area (Å²) in [5.74, 6) is 0.230. The molecule has 5 rings (SSSR count). The zero-order chi connectivity index (χ0) is 29.1. The summed E-state index contributed by atoms with van der Waals surface area (Å²) in [5, 5.41) is 7.57. The van der Waals surface area contributed by atoms with Crippen LogP contribution in [0.5, 0.6) is 11.5 Å². The van der Waals surface area contributed by atoms with Crippen LogP contribution in [0.3, 0.4) is 0 Å². The Morgan fingerprint density at radius 1 is 1.10 bits per heavy atom. The topological polar surface area (TPSA) is 111 Å². The van der Waals surface area contributed by atoms with Crippen molar-refractivity contribution in [1.82, 2.24) is 14.8 Å². The maximum Gasteiger partial charge on any atom is 0.573 e. The molecule has 10 nitrogen and oxygen atoms in total. The molecule has 0 saturated carbocycles. The van der Waals surface area contributed by atoms with Crippen molar-refractivity contribution in [1.29, 1.82) is 0 Å². The molecule has 0 aliphatic carbocycles. The van der Waals surface area contributed by atoms with Crippen molar-refractivity contribution < 1.29 is 32.2 Å². The van der Waals surface area contributed by atoms with Crippen LogP contribution in [-0.2, 0) is 4.79 Å². The van der Waals surface area contributed by atoms with Gasteiger partial charge >= 0.3 is 12.4 Å². The van der Waals surface area contributed by atoms with Crippen molar-refractivity contribution >= 4 is 51.8 Å². The molecule has 1 aromatic heterocycles. The van der Waals surface area contributed by atoms with Gasteiger partial charge in [0.05, 0.1) is 24.2 Å². The lowest BCUT2D eigenvalue weighted by molar-refractivity contribution is -0.274. The molecular weight excluding hydrogens is 585 g/mol. The van der Waals surface area contributed by atoms with Crippen molar-refractivity contribution in [3.05, 3.63) is 78.1 Å². The van der Waals surface area contributed by atoms with Crippen molar-refractivity contribution in [3.8, 4) is 28.6 Å². The van der Waals surface area contributed by atoms with Gasteiger partial charge in [0.1, 0.15) is 17.8 Å². The van der Waals surface area contributed by atoms with E-state index in [-0.39, 0.29) is 22.6 Å². The number of halogens is 4. The van der Waals surface area contributed by atoms with E-state index in [9.17, 15) is 22.8 Å². The van der Waals surface area contributed by atoms with Crippen LogP contribution < -0.4 is 19.7 Å². The number of ether oxygens (including phenoxy) is 2. The Bertz CT molecular complexity index is 1630. The highest BCUT2D eigenvalue weighted by Gasteiger charge is 2.33. The number of hydrogen-bond donors (Lipinski definition) is 1. The highest BCUT2D eigenvalue weighted by atomic mass is 35.5. The molecule has 0 radical (unpaired) electrons. The molecular formula is C26H18ClF3N6O4S. The zero-order valence-corrected chi connectivity index (χ0v) is 22.5. The highest BCUT2D eigenvalue weighted by Crippen LogP contribution is 2.36. The number of carbonyl (C=O) groups is 2. The number of hydrogen-bond acceptors (Lipinski definition) is 7. The second-order valence-corrected chi connectivity index (χ2v) is 9.67. The molecule has 0 bridgehead atoms. The highest BCUT2D eigenvalue weighted by molar-refractivity contribution is 8.15. The van der Waals surface area contributed by atoms with Gasteiger partial charge in [0, 0.05) is 16.3 Å². The number of amidine groups is 1. The average Bonchev–Trinajstić information content (AvgIpc) is 3.56. The molecule has 15 heteroatoms. The Hall–Kier alpha value is -4.56. The van der Waals surface area contributed by atoms with Crippen LogP contribution in [0, 0.1) is 0 Å².